The van der Waals surface area contributed by atoms with Gasteiger partial charge in [-0.3, -0.25) is 20.2 Å². The van der Waals surface area contributed by atoms with Gasteiger partial charge in [-0.05, 0) is 160 Å². The fourth-order valence-corrected chi connectivity index (χ4v) is 13.9. The van der Waals surface area contributed by atoms with Crippen LogP contribution in [0.5, 0.6) is 11.5 Å². The lowest BCUT2D eigenvalue weighted by Crippen LogP contribution is -2.38. The van der Waals surface area contributed by atoms with E-state index in [-0.39, 0.29) is 46.0 Å². The fraction of sp³-hybridized carbons (Fsp3) is 0.414. The number of allylic oxidation sites excluding steroid dienone is 7. The summed E-state index contributed by atoms with van der Waals surface area (Å²) in [5.74, 6) is 0.768. The van der Waals surface area contributed by atoms with Gasteiger partial charge in [-0.15, -0.1) is 0 Å². The molecule has 4 heterocycles. The van der Waals surface area contributed by atoms with E-state index in [2.05, 4.69) is 148 Å². The minimum atomic E-state index is -1.15. The highest BCUT2D eigenvalue weighted by molar-refractivity contribution is 6.07. The number of benzene rings is 6. The molecule has 2 fully saturated rings. The van der Waals surface area contributed by atoms with E-state index in [1.54, 1.807) is 19.9 Å². The second kappa shape index (κ2) is 24.7. The molecule has 6 aromatic rings. The average molecular weight is 1170 g/mol. The first-order valence-corrected chi connectivity index (χ1v) is 30.3. The number of aromatic hydroxyl groups is 1. The van der Waals surface area contributed by atoms with Crippen molar-refractivity contribution in [1.29, 1.82) is 0 Å². The number of anilines is 1. The van der Waals surface area contributed by atoms with Crippen LogP contribution >= 0.6 is 0 Å². The number of hydrogen-bond donors (Lipinski definition) is 3. The van der Waals surface area contributed by atoms with Gasteiger partial charge in [-0.25, -0.2) is 0 Å². The molecule has 8 unspecified atom stereocenters. The third-order valence-corrected chi connectivity index (χ3v) is 18.2. The van der Waals surface area contributed by atoms with Crippen LogP contribution in [0.2, 0.25) is 0 Å². The number of non-ortho nitro benzene ring substituents is 2. The van der Waals surface area contributed by atoms with Crippen LogP contribution < -0.4 is 9.64 Å². The van der Waals surface area contributed by atoms with Crippen molar-refractivity contribution in [3.63, 3.8) is 0 Å². The Kier molecular flexibility index (Phi) is 17.2. The van der Waals surface area contributed by atoms with Gasteiger partial charge >= 0.3 is 0 Å². The van der Waals surface area contributed by atoms with Gasteiger partial charge < -0.3 is 43.9 Å². The Morgan fingerprint density at radius 2 is 1.29 bits per heavy atom. The molecule has 0 spiro atoms. The Morgan fingerprint density at radius 3 is 1.95 bits per heavy atom. The van der Waals surface area contributed by atoms with Gasteiger partial charge in [0.25, 0.3) is 11.4 Å². The molecule has 6 aromatic carbocycles. The maximum Gasteiger partial charge on any atom is 0.270 e. The fourth-order valence-electron chi connectivity index (χ4n) is 13.9. The Morgan fingerprint density at radius 1 is 0.698 bits per heavy atom. The van der Waals surface area contributed by atoms with E-state index in [4.69, 9.17) is 23.7 Å². The Labute approximate surface area is 502 Å². The molecule has 4 aliphatic heterocycles. The van der Waals surface area contributed by atoms with Crippen LogP contribution in [-0.2, 0) is 29.8 Å². The molecule has 3 N–H and O–H groups in total. The standard InChI is InChI=1S/C70H78N4O12/c1-42(75)15-13-20-50-40-51(83-67(82-50)56-38-48(73(78)79)27-33-60(56)77)29-30-52-41-53(37-43(2)76)85-68(84-52)57-39-49(74(80)81)28-34-61(57)86-66-46(25-35-62-69(3,4)64-54-21-11-9-16-44(54)23-31-58(64)71(62)7)18-14-19-47(66)26-36-63-70(5,6)65-55-22-12-10-17-45(55)24-32-59(65)72(63)8/h9-12,16-17,21-28,31-36,38-39,42-43,50-53,67-68,75-76H,13-15,18-20,29-30,37,40-41H2,1-8H3/p+1. The van der Waals surface area contributed by atoms with Crippen LogP contribution in [0.15, 0.2) is 156 Å². The Hall–Kier alpha value is -7.57. The molecule has 0 radical (unpaired) electrons. The predicted molar refractivity (Wildman–Crippen MR) is 333 cm³/mol. The molecule has 86 heavy (non-hydrogen) atoms. The van der Waals surface area contributed by atoms with Gasteiger partial charge in [0.2, 0.25) is 5.69 Å². The van der Waals surface area contributed by atoms with Crippen LogP contribution in [0.3, 0.4) is 0 Å². The number of aliphatic hydroxyl groups is 2. The molecular formula is C70H79N4O12+. The van der Waals surface area contributed by atoms with Gasteiger partial charge in [0, 0.05) is 78.7 Å². The van der Waals surface area contributed by atoms with Gasteiger partial charge in [0.05, 0.1) is 63.0 Å². The predicted octanol–water partition coefficient (Wildman–Crippen LogP) is 15.0. The molecule has 16 nitrogen and oxygen atoms in total. The number of phenols is 1. The van der Waals surface area contributed by atoms with E-state index < -0.39 is 52.9 Å². The minimum absolute atomic E-state index is 0.144. The average Bonchev–Trinajstić information content (AvgIpc) is 1.64. The third-order valence-electron chi connectivity index (χ3n) is 18.2. The molecule has 2 saturated heterocycles. The zero-order chi connectivity index (χ0) is 60.8. The molecule has 5 aliphatic rings. The summed E-state index contributed by atoms with van der Waals surface area (Å²) in [5, 5.41) is 61.2. The first-order valence-electron chi connectivity index (χ1n) is 30.3. The zero-order valence-corrected chi connectivity index (χ0v) is 50.4. The van der Waals surface area contributed by atoms with Crippen LogP contribution in [0, 0.1) is 20.2 Å². The number of ether oxygens (including phenoxy) is 5. The van der Waals surface area contributed by atoms with Crippen molar-refractivity contribution in [3.8, 4) is 11.5 Å². The van der Waals surface area contributed by atoms with Crippen LogP contribution in [0.1, 0.15) is 147 Å². The first-order chi connectivity index (χ1) is 41.2. The van der Waals surface area contributed by atoms with E-state index in [1.165, 1.54) is 63.0 Å². The number of rotatable bonds is 18. The van der Waals surface area contributed by atoms with E-state index >= 15 is 0 Å². The zero-order valence-electron chi connectivity index (χ0n) is 50.4. The topological polar surface area (TPSA) is 199 Å². The Balaban J connectivity index is 0.952. The normalized spacial score (nSPS) is 24.5. The van der Waals surface area contributed by atoms with Crippen LogP contribution in [0.4, 0.5) is 22.7 Å². The second-order valence-corrected chi connectivity index (χ2v) is 25.1. The SMILES string of the molecule is CC(O)CCCC1CC(CCC2CC(CC(C)O)OC(c3cc([N+](=O)[O-])ccc3OC3=C(/C=C/C4=[N+](C)c5ccc6ccccc6c5C4(C)C)CCC/C3=C\C=C3\N(C)c4ccc5ccccc5c4C3(C)C)O2)OC(c2cc([N+](=O)[O-])ccc2O)O1. The summed E-state index contributed by atoms with van der Waals surface area (Å²) in [6, 6.07) is 34.1. The number of aliphatic hydroxyl groups excluding tert-OH is 2. The monoisotopic (exact) mass is 1170 g/mol. The quantitative estimate of drug-likeness (QED) is 0.0418. The van der Waals surface area contributed by atoms with Crippen molar-refractivity contribution in [2.24, 2.45) is 0 Å². The van der Waals surface area contributed by atoms with Crippen molar-refractivity contribution in [1.82, 2.24) is 0 Å². The van der Waals surface area contributed by atoms with Crippen LogP contribution in [-0.4, -0.2) is 86.2 Å². The second-order valence-electron chi connectivity index (χ2n) is 25.1. The summed E-state index contributed by atoms with van der Waals surface area (Å²) in [6.07, 6.45) is 9.60. The third kappa shape index (κ3) is 12.1. The molecular weight excluding hydrogens is 1090 g/mol. The molecule has 1 aliphatic carbocycles. The highest BCUT2D eigenvalue weighted by atomic mass is 16.7. The number of likely N-dealkylation sites (N-methyl/N-ethyl adjacent to an activating group) is 1. The maximum atomic E-state index is 12.7. The molecule has 11 rings (SSSR count). The Bertz CT molecular complexity index is 3760. The van der Waals surface area contributed by atoms with Crippen LogP contribution in [0.25, 0.3) is 21.5 Å². The van der Waals surface area contributed by atoms with E-state index in [1.807, 2.05) is 0 Å². The van der Waals surface area contributed by atoms with Crippen molar-refractivity contribution in [3.05, 3.63) is 199 Å². The molecule has 0 bridgehead atoms. The number of phenolic OH excluding ortho intramolecular Hbond substituents is 1. The number of hydrogen-bond acceptors (Lipinski definition) is 13. The van der Waals surface area contributed by atoms with Gasteiger partial charge in [0.1, 0.15) is 24.3 Å². The van der Waals surface area contributed by atoms with Crippen molar-refractivity contribution < 1.29 is 53.4 Å². The lowest BCUT2D eigenvalue weighted by molar-refractivity contribution is -0.401. The number of nitrogens with zero attached hydrogens (tertiary/aromatic N) is 4. The number of fused-ring (bicyclic) bond motifs is 6. The van der Waals surface area contributed by atoms with E-state index in [9.17, 15) is 35.5 Å². The van der Waals surface area contributed by atoms with Gasteiger partial charge in [0.15, 0.2) is 18.3 Å². The highest BCUT2D eigenvalue weighted by Gasteiger charge is 2.45. The first kappa shape index (κ1) is 60.1. The molecule has 0 amide bonds. The smallest absolute Gasteiger partial charge is 0.270 e. The molecule has 16 heteroatoms. The summed E-state index contributed by atoms with van der Waals surface area (Å²) >= 11 is 0. The van der Waals surface area contributed by atoms with Gasteiger partial charge in [-0.1, -0.05) is 74.5 Å². The number of nitro benzene ring substituents is 2. The summed E-state index contributed by atoms with van der Waals surface area (Å²) in [5.41, 5.74) is 8.39. The molecule has 0 saturated carbocycles. The molecule has 0 aromatic heterocycles. The molecule has 450 valence electrons. The van der Waals surface area contributed by atoms with Crippen molar-refractivity contribution >= 4 is 50.0 Å². The summed E-state index contributed by atoms with van der Waals surface area (Å²) in [4.78, 5) is 25.9. The lowest BCUT2D eigenvalue weighted by Gasteiger charge is -2.39. The van der Waals surface area contributed by atoms with E-state index in [0.717, 1.165) is 40.4 Å². The largest absolute Gasteiger partial charge is 0.507 e. The summed E-state index contributed by atoms with van der Waals surface area (Å²) in [6.45, 7) is 12.5. The van der Waals surface area contributed by atoms with E-state index in [0.29, 0.717) is 74.9 Å². The minimum Gasteiger partial charge on any atom is -0.507 e. The summed E-state index contributed by atoms with van der Waals surface area (Å²) in [7, 11) is 4.24. The molecule has 8 atom stereocenters. The maximum absolute atomic E-state index is 12.7. The van der Waals surface area contributed by atoms with Crippen molar-refractivity contribution in [2.45, 2.75) is 172 Å². The highest BCUT2D eigenvalue weighted by Crippen LogP contribution is 2.51. The number of nitro groups is 2. The van der Waals surface area contributed by atoms with Gasteiger partial charge in [-0.2, -0.15) is 4.58 Å². The van der Waals surface area contributed by atoms with Crippen molar-refractivity contribution in [2.75, 3.05) is 19.0 Å². The lowest BCUT2D eigenvalue weighted by atomic mass is 9.78. The summed E-state index contributed by atoms with van der Waals surface area (Å²) < 4.78 is 36.1.